The summed E-state index contributed by atoms with van der Waals surface area (Å²) >= 11 is 0. The number of phenols is 1. The molecular formula is C10H16NO2P3. The molecule has 3 nitrogen and oxygen atoms in total. The van der Waals surface area contributed by atoms with Crippen LogP contribution >= 0.6 is 27.7 Å². The average molecular weight is 275 g/mol. The number of ketones is 1. The summed E-state index contributed by atoms with van der Waals surface area (Å²) in [7, 11) is 7.70. The lowest BCUT2D eigenvalue weighted by atomic mass is 10.0. The van der Waals surface area contributed by atoms with Crippen molar-refractivity contribution < 1.29 is 9.90 Å². The smallest absolute Gasteiger partial charge is 0.131 e. The molecule has 0 saturated heterocycles. The van der Waals surface area contributed by atoms with Crippen molar-refractivity contribution in [2.24, 2.45) is 0 Å². The van der Waals surface area contributed by atoms with E-state index in [1.807, 2.05) is 0 Å². The van der Waals surface area contributed by atoms with Crippen LogP contribution in [0.3, 0.4) is 0 Å². The van der Waals surface area contributed by atoms with Crippen LogP contribution in [-0.2, 0) is 9.69 Å². The number of rotatable bonds is 3. The summed E-state index contributed by atoms with van der Waals surface area (Å²) in [6.45, 7) is 1.53. The van der Waals surface area contributed by atoms with Gasteiger partial charge in [0.2, 0.25) is 0 Å². The van der Waals surface area contributed by atoms with E-state index in [-0.39, 0.29) is 11.5 Å². The minimum absolute atomic E-state index is 0.0608. The third-order valence-corrected chi connectivity index (χ3v) is 3.62. The SMILES string of the molecule is CC(=O)CC(P)(P)c1c(O)cc(N)cc1P. The van der Waals surface area contributed by atoms with Crippen LogP contribution in [0, 0.1) is 0 Å². The maximum Gasteiger partial charge on any atom is 0.131 e. The van der Waals surface area contributed by atoms with Gasteiger partial charge in [0.05, 0.1) is 0 Å². The first-order valence-corrected chi connectivity index (χ1v) is 6.43. The second-order valence-corrected chi connectivity index (χ2v) is 7.27. The Morgan fingerprint density at radius 3 is 2.50 bits per heavy atom. The summed E-state index contributed by atoms with van der Waals surface area (Å²) in [5.74, 6) is 0.168. The van der Waals surface area contributed by atoms with Crippen molar-refractivity contribution in [2.75, 3.05) is 5.73 Å². The van der Waals surface area contributed by atoms with Crippen molar-refractivity contribution in [3.63, 3.8) is 0 Å². The van der Waals surface area contributed by atoms with Crippen LogP contribution in [0.4, 0.5) is 5.69 Å². The first-order chi connectivity index (χ1) is 7.24. The van der Waals surface area contributed by atoms with E-state index in [1.165, 1.54) is 13.0 Å². The molecule has 1 aromatic rings. The van der Waals surface area contributed by atoms with Gasteiger partial charge >= 0.3 is 0 Å². The van der Waals surface area contributed by atoms with Crippen LogP contribution in [0.1, 0.15) is 18.9 Å². The van der Waals surface area contributed by atoms with Gasteiger partial charge in [-0.2, -0.15) is 0 Å². The van der Waals surface area contributed by atoms with E-state index in [2.05, 4.69) is 27.7 Å². The molecule has 0 aliphatic rings. The van der Waals surface area contributed by atoms with Crippen LogP contribution in [0.2, 0.25) is 0 Å². The monoisotopic (exact) mass is 275 g/mol. The molecule has 6 heteroatoms. The maximum atomic E-state index is 11.2. The molecule has 3 unspecified atom stereocenters. The molecule has 1 rings (SSSR count). The zero-order valence-electron chi connectivity index (χ0n) is 9.03. The number of anilines is 1. The highest BCUT2D eigenvalue weighted by molar-refractivity contribution is 7.39. The van der Waals surface area contributed by atoms with Gasteiger partial charge in [0.1, 0.15) is 11.5 Å². The first kappa shape index (κ1) is 13.8. The first-order valence-electron chi connectivity index (χ1n) is 4.69. The minimum Gasteiger partial charge on any atom is -0.508 e. The number of hydrogen-bond acceptors (Lipinski definition) is 3. The fourth-order valence-electron chi connectivity index (χ4n) is 1.68. The topological polar surface area (TPSA) is 63.3 Å². The Morgan fingerprint density at radius 1 is 1.50 bits per heavy atom. The zero-order chi connectivity index (χ0) is 12.5. The number of aromatic hydroxyl groups is 1. The number of nitrogen functional groups attached to an aromatic ring is 1. The van der Waals surface area contributed by atoms with E-state index in [0.717, 1.165) is 5.30 Å². The van der Waals surface area contributed by atoms with E-state index in [0.29, 0.717) is 17.7 Å². The van der Waals surface area contributed by atoms with Gasteiger partial charge in [0.25, 0.3) is 0 Å². The molecule has 1 aromatic carbocycles. The molecule has 0 saturated carbocycles. The fourth-order valence-corrected chi connectivity index (χ4v) is 3.83. The summed E-state index contributed by atoms with van der Waals surface area (Å²) in [6.07, 6.45) is 0.321. The van der Waals surface area contributed by atoms with Crippen LogP contribution in [0.5, 0.6) is 5.75 Å². The van der Waals surface area contributed by atoms with E-state index < -0.39 is 4.90 Å². The number of Topliss-reactive ketones (excluding diaryl/α,β-unsaturated/α-hetero) is 1. The lowest BCUT2D eigenvalue weighted by Crippen LogP contribution is -2.20. The third kappa shape index (κ3) is 3.14. The average Bonchev–Trinajstić information content (AvgIpc) is 1.96. The van der Waals surface area contributed by atoms with Crippen LogP contribution in [-0.4, -0.2) is 10.9 Å². The van der Waals surface area contributed by atoms with E-state index in [1.54, 1.807) is 6.07 Å². The maximum absolute atomic E-state index is 11.2. The summed E-state index contributed by atoms with van der Waals surface area (Å²) in [5, 5.41) is 10.7. The fraction of sp³-hybridized carbons (Fsp3) is 0.300. The van der Waals surface area contributed by atoms with Crippen LogP contribution in [0.25, 0.3) is 0 Å². The highest BCUT2D eigenvalue weighted by atomic mass is 31.1. The van der Waals surface area contributed by atoms with Gasteiger partial charge in [-0.15, -0.1) is 27.7 Å². The lowest BCUT2D eigenvalue weighted by Gasteiger charge is -2.26. The lowest BCUT2D eigenvalue weighted by molar-refractivity contribution is -0.117. The molecule has 0 aliphatic carbocycles. The van der Waals surface area contributed by atoms with Gasteiger partial charge in [0.15, 0.2) is 0 Å². The van der Waals surface area contributed by atoms with Crippen molar-refractivity contribution in [3.05, 3.63) is 17.7 Å². The van der Waals surface area contributed by atoms with Crippen LogP contribution < -0.4 is 11.0 Å². The molecule has 0 aliphatic heterocycles. The van der Waals surface area contributed by atoms with Gasteiger partial charge < -0.3 is 10.8 Å². The molecule has 0 spiro atoms. The Morgan fingerprint density at radius 2 is 2.06 bits per heavy atom. The predicted octanol–water partition coefficient (Wildman–Crippen LogP) is 1.36. The van der Waals surface area contributed by atoms with Gasteiger partial charge in [0, 0.05) is 28.6 Å². The van der Waals surface area contributed by atoms with Crippen molar-refractivity contribution in [2.45, 2.75) is 18.2 Å². The number of benzene rings is 1. The van der Waals surface area contributed by atoms with Crippen molar-refractivity contribution in [1.29, 1.82) is 0 Å². The molecule has 0 fully saturated rings. The van der Waals surface area contributed by atoms with Gasteiger partial charge in [-0.1, -0.05) is 0 Å². The molecule has 0 amide bonds. The summed E-state index contributed by atoms with van der Waals surface area (Å²) in [5.41, 5.74) is 6.81. The summed E-state index contributed by atoms with van der Waals surface area (Å²) < 4.78 is 0. The van der Waals surface area contributed by atoms with Crippen molar-refractivity contribution >= 4 is 44.5 Å². The molecule has 0 aromatic heterocycles. The number of hydrogen-bond donors (Lipinski definition) is 2. The van der Waals surface area contributed by atoms with Crippen LogP contribution in [0.15, 0.2) is 12.1 Å². The third-order valence-electron chi connectivity index (χ3n) is 2.18. The second-order valence-electron chi connectivity index (χ2n) is 3.92. The minimum atomic E-state index is -0.555. The highest BCUT2D eigenvalue weighted by Gasteiger charge is 2.28. The number of carbonyl (C=O) groups excluding carboxylic acids is 1. The van der Waals surface area contributed by atoms with E-state index >= 15 is 0 Å². The number of nitrogens with two attached hydrogens (primary N) is 1. The van der Waals surface area contributed by atoms with Gasteiger partial charge in [-0.25, -0.2) is 0 Å². The van der Waals surface area contributed by atoms with Crippen molar-refractivity contribution in [3.8, 4) is 5.75 Å². The molecule has 0 radical (unpaired) electrons. The molecule has 16 heavy (non-hydrogen) atoms. The number of carbonyl (C=O) groups is 1. The quantitative estimate of drug-likeness (QED) is 0.646. The Bertz CT molecular complexity index is 409. The molecule has 88 valence electrons. The predicted molar refractivity (Wildman–Crippen MR) is 78.3 cm³/mol. The Hall–Kier alpha value is -0.220. The van der Waals surface area contributed by atoms with E-state index in [9.17, 15) is 9.90 Å². The molecule has 3 N–H and O–H groups in total. The molecule has 3 atom stereocenters. The summed E-state index contributed by atoms with van der Waals surface area (Å²) in [4.78, 5) is 10.6. The number of phenolic OH excluding ortho intramolecular Hbond substituents is 1. The second kappa shape index (κ2) is 4.96. The van der Waals surface area contributed by atoms with Gasteiger partial charge in [-0.3, -0.25) is 4.79 Å². The van der Waals surface area contributed by atoms with E-state index in [4.69, 9.17) is 5.73 Å². The molecular weight excluding hydrogens is 259 g/mol. The zero-order valence-corrected chi connectivity index (χ0v) is 12.5. The largest absolute Gasteiger partial charge is 0.508 e. The highest BCUT2D eigenvalue weighted by Crippen LogP contribution is 2.45. The Balaban J connectivity index is 3.27. The Labute approximate surface area is 102 Å². The Kier molecular flexibility index (Phi) is 4.29. The van der Waals surface area contributed by atoms with Gasteiger partial charge in [-0.05, 0) is 18.3 Å². The standard InChI is InChI=1S/C10H16NO2P3/c1-5(12)4-10(15,16)9-7(13)2-6(11)3-8(9)14/h2-3,13H,4,11,14-16H2,1H3. The molecule has 0 bridgehead atoms. The normalized spacial score (nSPS) is 11.5. The van der Waals surface area contributed by atoms with Crippen molar-refractivity contribution in [1.82, 2.24) is 0 Å². The summed E-state index contributed by atoms with van der Waals surface area (Å²) in [6, 6.07) is 3.24. The molecule has 0 heterocycles.